The van der Waals surface area contributed by atoms with Gasteiger partial charge >= 0.3 is 23.9 Å². The van der Waals surface area contributed by atoms with Gasteiger partial charge < -0.3 is 34.3 Å². The van der Waals surface area contributed by atoms with Crippen molar-refractivity contribution in [3.05, 3.63) is 68.5 Å². The van der Waals surface area contributed by atoms with Crippen molar-refractivity contribution in [3.8, 4) is 0 Å². The summed E-state index contributed by atoms with van der Waals surface area (Å²) < 4.78 is 27.8. The van der Waals surface area contributed by atoms with Crippen LogP contribution in [0.2, 0.25) is 10.0 Å². The van der Waals surface area contributed by atoms with Crippen molar-refractivity contribution in [2.45, 2.75) is 26.4 Å². The Morgan fingerprint density at radius 1 is 1.02 bits per heavy atom. The van der Waals surface area contributed by atoms with Crippen molar-refractivity contribution in [3.63, 3.8) is 0 Å². The minimum absolute atomic E-state index is 0.0349. The number of methoxy groups -OCH3 is 1. The van der Waals surface area contributed by atoms with Gasteiger partial charge in [0, 0.05) is 24.3 Å². The van der Waals surface area contributed by atoms with Gasteiger partial charge in [0.25, 0.3) is 0 Å². The molecule has 14 heteroatoms. The first-order chi connectivity index (χ1) is 20.0. The van der Waals surface area contributed by atoms with Crippen LogP contribution in [0.25, 0.3) is 0 Å². The van der Waals surface area contributed by atoms with E-state index < -0.39 is 47.2 Å². The number of hydroxylamine groups is 2. The van der Waals surface area contributed by atoms with E-state index in [9.17, 15) is 19.2 Å². The highest BCUT2D eigenvalue weighted by Gasteiger charge is 2.58. The van der Waals surface area contributed by atoms with Crippen LogP contribution in [0.15, 0.2) is 52.9 Å². The predicted octanol–water partition coefficient (Wildman–Crippen LogP) is 2.97. The molecular weight excluding hydrogens is 595 g/mol. The lowest BCUT2D eigenvalue weighted by Crippen LogP contribution is -2.51. The van der Waals surface area contributed by atoms with Crippen LogP contribution >= 0.6 is 23.2 Å². The first kappa shape index (κ1) is 33.1. The van der Waals surface area contributed by atoms with Crippen molar-refractivity contribution < 1.29 is 47.7 Å². The van der Waals surface area contributed by atoms with E-state index in [0.717, 1.165) is 24.3 Å². The van der Waals surface area contributed by atoms with Crippen LogP contribution in [0, 0.1) is 5.92 Å². The zero-order valence-electron chi connectivity index (χ0n) is 23.6. The molecule has 3 heterocycles. The Bertz CT molecular complexity index is 1320. The average molecular weight is 627 g/mol. The van der Waals surface area contributed by atoms with Gasteiger partial charge in [-0.05, 0) is 18.9 Å². The fraction of sp³-hybridized carbons (Fsp3) is 0.429. The summed E-state index contributed by atoms with van der Waals surface area (Å²) in [4.78, 5) is 59.1. The van der Waals surface area contributed by atoms with Gasteiger partial charge in [-0.15, -0.1) is 0 Å². The first-order valence-corrected chi connectivity index (χ1v) is 13.7. The van der Waals surface area contributed by atoms with E-state index in [0.29, 0.717) is 13.2 Å². The molecule has 3 aliphatic heterocycles. The molecule has 2 bridgehead atoms. The highest BCUT2D eigenvalue weighted by atomic mass is 35.5. The van der Waals surface area contributed by atoms with Gasteiger partial charge in [-0.1, -0.05) is 49.2 Å². The van der Waals surface area contributed by atoms with Crippen molar-refractivity contribution in [2.75, 3.05) is 46.7 Å². The highest BCUT2D eigenvalue weighted by Crippen LogP contribution is 2.52. The molecule has 4 rings (SSSR count). The maximum atomic E-state index is 14.1. The number of rotatable bonds is 12. The molecule has 1 aromatic carbocycles. The number of fused-ring (bicyclic) bond motifs is 4. The third-order valence-electron chi connectivity index (χ3n) is 6.04. The van der Waals surface area contributed by atoms with E-state index >= 15 is 0 Å². The summed E-state index contributed by atoms with van der Waals surface area (Å²) in [6, 6.07) is 4.41. The Hall–Kier alpha value is -3.42. The van der Waals surface area contributed by atoms with Crippen molar-refractivity contribution >= 4 is 47.1 Å². The van der Waals surface area contributed by atoms with Crippen molar-refractivity contribution in [1.82, 2.24) is 5.06 Å². The molecule has 0 amide bonds. The van der Waals surface area contributed by atoms with Gasteiger partial charge in [-0.25, -0.2) is 19.2 Å². The Morgan fingerprint density at radius 2 is 1.71 bits per heavy atom. The number of carbonyl (C=O) groups excluding carboxylic acids is 4. The average Bonchev–Trinajstić information content (AvgIpc) is 2.95. The van der Waals surface area contributed by atoms with Crippen molar-refractivity contribution in [2.24, 2.45) is 11.7 Å². The smallest absolute Gasteiger partial charge is 0.356 e. The van der Waals surface area contributed by atoms with E-state index in [4.69, 9.17) is 57.5 Å². The van der Waals surface area contributed by atoms with E-state index in [1.54, 1.807) is 0 Å². The quantitative estimate of drug-likeness (QED) is 0.206. The number of ether oxygens (including phenoxy) is 5. The molecule has 0 fully saturated rings. The second-order valence-corrected chi connectivity index (χ2v) is 10.2. The summed E-state index contributed by atoms with van der Waals surface area (Å²) in [6.45, 7) is 5.40. The fourth-order valence-corrected chi connectivity index (χ4v) is 4.76. The number of nitrogens with two attached hydrogens (primary N) is 1. The minimum atomic E-state index is -2.39. The molecule has 3 aliphatic rings. The lowest BCUT2D eigenvalue weighted by molar-refractivity contribution is -0.177. The number of halogens is 2. The molecule has 0 saturated heterocycles. The number of allylic oxidation sites excluding steroid dienone is 1. The van der Waals surface area contributed by atoms with Crippen LogP contribution in [-0.2, 0) is 53.3 Å². The van der Waals surface area contributed by atoms with E-state index in [-0.39, 0.29) is 52.7 Å². The number of hydrogen-bond donors (Lipinski definition) is 1. The highest BCUT2D eigenvalue weighted by molar-refractivity contribution is 6.42. The van der Waals surface area contributed by atoms with E-state index in [2.05, 4.69) is 0 Å². The molecule has 1 atom stereocenters. The Morgan fingerprint density at radius 3 is 2.38 bits per heavy atom. The van der Waals surface area contributed by atoms with Crippen LogP contribution in [0.5, 0.6) is 0 Å². The first-order valence-electron chi connectivity index (χ1n) is 12.9. The van der Waals surface area contributed by atoms with Gasteiger partial charge in [0.05, 0.1) is 61.6 Å². The molecule has 42 heavy (non-hydrogen) atoms. The topological polar surface area (TPSA) is 153 Å². The fourth-order valence-electron chi connectivity index (χ4n) is 4.33. The minimum Gasteiger partial charge on any atom is -0.465 e. The zero-order chi connectivity index (χ0) is 31.0. The van der Waals surface area contributed by atoms with Gasteiger partial charge in [0.1, 0.15) is 11.1 Å². The Labute approximate surface area is 252 Å². The number of hydrogen-bond acceptors (Lipinski definition) is 12. The zero-order valence-corrected chi connectivity index (χ0v) is 25.1. The molecule has 0 spiro atoms. The van der Waals surface area contributed by atoms with Gasteiger partial charge in [0.15, 0.2) is 0 Å². The largest absolute Gasteiger partial charge is 0.465 e. The second-order valence-electron chi connectivity index (χ2n) is 9.46. The number of benzene rings is 1. The Kier molecular flexibility index (Phi) is 11.5. The Balaban J connectivity index is 2.43. The van der Waals surface area contributed by atoms with Crippen LogP contribution in [0.3, 0.4) is 0 Å². The molecule has 1 aromatic rings. The van der Waals surface area contributed by atoms with Crippen LogP contribution in [-0.4, -0.2) is 75.6 Å². The molecule has 0 aliphatic carbocycles. The SMILES string of the molecule is COC(=O)C1=C(C)N2OC(=O)/C=C/C(=O)OC1(c1cccc(Cl)c1Cl)C(C(=O)OCC(C)C)=C2COCCOCCN. The monoisotopic (exact) mass is 626 g/mol. The summed E-state index contributed by atoms with van der Waals surface area (Å²) >= 11 is 13.1. The summed E-state index contributed by atoms with van der Waals surface area (Å²) in [5.74, 6) is -4.25. The third-order valence-corrected chi connectivity index (χ3v) is 6.86. The second kappa shape index (κ2) is 14.7. The number of esters is 3. The molecule has 1 unspecified atom stereocenters. The third kappa shape index (κ3) is 6.96. The maximum Gasteiger partial charge on any atom is 0.356 e. The number of carbonyl (C=O) groups is 4. The normalized spacial score (nSPS) is 19.6. The lowest BCUT2D eigenvalue weighted by Gasteiger charge is -2.44. The van der Waals surface area contributed by atoms with Crippen LogP contribution < -0.4 is 5.73 Å². The summed E-state index contributed by atoms with van der Waals surface area (Å²) in [5.41, 5.74) is 2.03. The van der Waals surface area contributed by atoms with E-state index in [1.165, 1.54) is 25.1 Å². The molecule has 12 nitrogen and oxygen atoms in total. The molecule has 0 radical (unpaired) electrons. The summed E-state index contributed by atoms with van der Waals surface area (Å²) in [6.07, 6.45) is 1.62. The maximum absolute atomic E-state index is 14.1. The lowest BCUT2D eigenvalue weighted by atomic mass is 9.75. The van der Waals surface area contributed by atoms with Crippen molar-refractivity contribution in [1.29, 1.82) is 0 Å². The summed E-state index contributed by atoms with van der Waals surface area (Å²) in [5, 5.41) is 0.853. The van der Waals surface area contributed by atoms with Gasteiger partial charge in [-0.3, -0.25) is 0 Å². The molecular formula is C28H32Cl2N2O10. The standard InChI is InChI=1S/C28H32Cl2N2O10/c1-16(2)14-40-27(36)24-20(15-39-13-12-38-11-10-31)32-17(3)23(26(35)37-4)28(24,18-6-5-7-19(29)25(18)30)41-21(33)8-9-22(34)42-32/h5-9,16H,10-15,31H2,1-4H3/b9-8+. The van der Waals surface area contributed by atoms with Crippen LogP contribution in [0.4, 0.5) is 0 Å². The summed E-state index contributed by atoms with van der Waals surface area (Å²) in [7, 11) is 1.09. The van der Waals surface area contributed by atoms with Gasteiger partial charge in [-0.2, -0.15) is 5.06 Å². The molecule has 0 aromatic heterocycles. The van der Waals surface area contributed by atoms with Gasteiger partial charge in [0.2, 0.25) is 5.60 Å². The number of nitrogens with zero attached hydrogens (tertiary/aromatic N) is 1. The van der Waals surface area contributed by atoms with E-state index in [1.807, 2.05) is 13.8 Å². The van der Waals surface area contributed by atoms with Crippen LogP contribution in [0.1, 0.15) is 26.3 Å². The molecule has 0 saturated carbocycles. The molecule has 228 valence electrons. The predicted molar refractivity (Wildman–Crippen MR) is 150 cm³/mol. The molecule has 2 N–H and O–H groups in total.